The summed E-state index contributed by atoms with van der Waals surface area (Å²) >= 11 is 1.53. The second-order valence-electron chi connectivity index (χ2n) is 4.55. The van der Waals surface area contributed by atoms with Gasteiger partial charge in [-0.2, -0.15) is 0 Å². The minimum atomic E-state index is 0.353. The summed E-state index contributed by atoms with van der Waals surface area (Å²) in [5.41, 5.74) is 0. The second kappa shape index (κ2) is 5.56. The van der Waals surface area contributed by atoms with Crippen LogP contribution in [-0.2, 0) is 5.75 Å². The Balaban J connectivity index is 1.66. The molecule has 1 aliphatic carbocycles. The van der Waals surface area contributed by atoms with Crippen molar-refractivity contribution in [3.63, 3.8) is 0 Å². The lowest BCUT2D eigenvalue weighted by atomic mass is 10.3. The third kappa shape index (κ3) is 2.70. The number of aromatic nitrogens is 4. The van der Waals surface area contributed by atoms with Gasteiger partial charge >= 0.3 is 0 Å². The highest BCUT2D eigenvalue weighted by Gasteiger charge is 2.21. The predicted octanol–water partition coefficient (Wildman–Crippen LogP) is 2.49. The van der Waals surface area contributed by atoms with Gasteiger partial charge in [0, 0.05) is 0 Å². The van der Waals surface area contributed by atoms with Crippen molar-refractivity contribution in [3.8, 4) is 0 Å². The molecule has 19 heavy (non-hydrogen) atoms. The highest BCUT2D eigenvalue weighted by atomic mass is 32.2. The van der Waals surface area contributed by atoms with Crippen LogP contribution in [0.2, 0.25) is 0 Å². The minimum Gasteiger partial charge on any atom is -0.457 e. The van der Waals surface area contributed by atoms with Crippen molar-refractivity contribution in [1.82, 2.24) is 20.2 Å². The molecule has 0 bridgehead atoms. The zero-order valence-corrected chi connectivity index (χ0v) is 11.2. The van der Waals surface area contributed by atoms with E-state index in [-0.39, 0.29) is 0 Å². The third-order valence-corrected chi connectivity index (χ3v) is 4.23. The highest BCUT2D eigenvalue weighted by Crippen LogP contribution is 2.32. The van der Waals surface area contributed by atoms with Crippen LogP contribution in [0.25, 0.3) is 0 Å². The average Bonchev–Trinajstić information content (AvgIpc) is 3.16. The summed E-state index contributed by atoms with van der Waals surface area (Å²) in [6, 6.07) is 3.91. The summed E-state index contributed by atoms with van der Waals surface area (Å²) in [4.78, 5) is 10.5. The fourth-order valence-corrected chi connectivity index (χ4v) is 3.17. The van der Waals surface area contributed by atoms with Gasteiger partial charge < -0.3 is 4.42 Å². The molecule has 7 heteroatoms. The van der Waals surface area contributed by atoms with E-state index in [9.17, 15) is 4.79 Å². The first-order chi connectivity index (χ1) is 9.36. The number of nitrogens with zero attached hydrogens (tertiary/aromatic N) is 4. The summed E-state index contributed by atoms with van der Waals surface area (Å²) in [6.45, 7) is 0. The Morgan fingerprint density at radius 3 is 3.00 bits per heavy atom. The molecular weight excluding hydrogens is 264 g/mol. The molecule has 100 valence electrons. The summed E-state index contributed by atoms with van der Waals surface area (Å²) in [6.07, 6.45) is 5.49. The maximum absolute atomic E-state index is 10.5. The summed E-state index contributed by atoms with van der Waals surface area (Å²) in [7, 11) is 0. The van der Waals surface area contributed by atoms with Gasteiger partial charge in [-0.25, -0.2) is 4.68 Å². The molecule has 0 atom stereocenters. The standard InChI is InChI=1S/C12H14N4O2S/c17-7-10-5-6-11(18-10)8-19-12-13-14-15-16(12)9-3-1-2-4-9/h5-7,9H,1-4,8H2. The number of aldehydes is 1. The van der Waals surface area contributed by atoms with E-state index in [0.29, 0.717) is 23.8 Å². The predicted molar refractivity (Wildman–Crippen MR) is 69.0 cm³/mol. The SMILES string of the molecule is O=Cc1ccc(CSc2nnnn2C2CCCC2)o1. The molecule has 0 amide bonds. The number of tetrazole rings is 1. The van der Waals surface area contributed by atoms with Crippen molar-refractivity contribution in [2.45, 2.75) is 42.6 Å². The Morgan fingerprint density at radius 2 is 2.26 bits per heavy atom. The van der Waals surface area contributed by atoms with E-state index in [0.717, 1.165) is 23.8 Å². The number of carbonyl (C=O) groups excluding carboxylic acids is 1. The lowest BCUT2D eigenvalue weighted by molar-refractivity contribution is 0.109. The third-order valence-electron chi connectivity index (χ3n) is 3.28. The number of hydrogen-bond acceptors (Lipinski definition) is 6. The van der Waals surface area contributed by atoms with E-state index in [2.05, 4.69) is 15.5 Å². The van der Waals surface area contributed by atoms with Gasteiger partial charge in [-0.3, -0.25) is 4.79 Å². The van der Waals surface area contributed by atoms with Gasteiger partial charge in [0.05, 0.1) is 11.8 Å². The van der Waals surface area contributed by atoms with Gasteiger partial charge in [-0.05, 0) is 35.4 Å². The number of furan rings is 1. The molecule has 0 unspecified atom stereocenters. The zero-order chi connectivity index (χ0) is 13.1. The van der Waals surface area contributed by atoms with Gasteiger partial charge in [-0.1, -0.05) is 24.6 Å². The van der Waals surface area contributed by atoms with Crippen molar-refractivity contribution in [2.75, 3.05) is 0 Å². The van der Waals surface area contributed by atoms with Crippen LogP contribution in [-0.4, -0.2) is 26.5 Å². The minimum absolute atomic E-state index is 0.353. The lowest BCUT2D eigenvalue weighted by Gasteiger charge is -2.10. The number of thioether (sulfide) groups is 1. The molecule has 0 radical (unpaired) electrons. The van der Waals surface area contributed by atoms with Gasteiger partial charge in [0.15, 0.2) is 12.0 Å². The van der Waals surface area contributed by atoms with Crippen LogP contribution in [0.4, 0.5) is 0 Å². The maximum atomic E-state index is 10.5. The molecular formula is C12H14N4O2S. The van der Waals surface area contributed by atoms with Gasteiger partial charge in [0.1, 0.15) is 5.76 Å². The number of rotatable bonds is 5. The van der Waals surface area contributed by atoms with E-state index >= 15 is 0 Å². The largest absolute Gasteiger partial charge is 0.457 e. The molecule has 1 aliphatic rings. The molecule has 1 fully saturated rings. The van der Waals surface area contributed by atoms with Crippen LogP contribution in [0.5, 0.6) is 0 Å². The van der Waals surface area contributed by atoms with E-state index in [1.807, 2.05) is 4.68 Å². The molecule has 0 spiro atoms. The molecule has 6 nitrogen and oxygen atoms in total. The van der Waals surface area contributed by atoms with Crippen molar-refractivity contribution < 1.29 is 9.21 Å². The Morgan fingerprint density at radius 1 is 1.42 bits per heavy atom. The Hall–Kier alpha value is -1.63. The van der Waals surface area contributed by atoms with Crippen LogP contribution in [0.15, 0.2) is 21.7 Å². The van der Waals surface area contributed by atoms with Crippen molar-refractivity contribution in [2.24, 2.45) is 0 Å². The number of carbonyl (C=O) groups is 1. The Labute approximate surface area is 114 Å². The van der Waals surface area contributed by atoms with Gasteiger partial charge in [0.25, 0.3) is 0 Å². The van der Waals surface area contributed by atoms with Crippen molar-refractivity contribution >= 4 is 18.0 Å². The average molecular weight is 278 g/mol. The maximum Gasteiger partial charge on any atom is 0.210 e. The van der Waals surface area contributed by atoms with E-state index in [4.69, 9.17) is 4.42 Å². The zero-order valence-electron chi connectivity index (χ0n) is 10.4. The van der Waals surface area contributed by atoms with Crippen LogP contribution in [0, 0.1) is 0 Å². The van der Waals surface area contributed by atoms with Crippen LogP contribution < -0.4 is 0 Å². The van der Waals surface area contributed by atoms with Crippen molar-refractivity contribution in [3.05, 3.63) is 23.7 Å². The van der Waals surface area contributed by atoms with Gasteiger partial charge in [-0.15, -0.1) is 5.10 Å². The summed E-state index contributed by atoms with van der Waals surface area (Å²) < 4.78 is 7.25. The van der Waals surface area contributed by atoms with E-state index in [1.54, 1.807) is 12.1 Å². The molecule has 0 aliphatic heterocycles. The Bertz CT molecular complexity index is 560. The first-order valence-corrected chi connectivity index (χ1v) is 7.30. The molecule has 2 heterocycles. The molecule has 1 saturated carbocycles. The second-order valence-corrected chi connectivity index (χ2v) is 5.50. The molecule has 2 aromatic heterocycles. The van der Waals surface area contributed by atoms with Gasteiger partial charge in [0.2, 0.25) is 5.16 Å². The fourth-order valence-electron chi connectivity index (χ4n) is 2.33. The molecule has 3 rings (SSSR count). The quantitative estimate of drug-likeness (QED) is 0.618. The summed E-state index contributed by atoms with van der Waals surface area (Å²) in [5.74, 6) is 1.74. The highest BCUT2D eigenvalue weighted by molar-refractivity contribution is 7.98. The lowest BCUT2D eigenvalue weighted by Crippen LogP contribution is -2.08. The van der Waals surface area contributed by atoms with Crippen LogP contribution in [0.1, 0.15) is 48.0 Å². The Kier molecular flexibility index (Phi) is 3.63. The summed E-state index contributed by atoms with van der Waals surface area (Å²) in [5, 5.41) is 12.7. The normalized spacial score (nSPS) is 16.0. The first kappa shape index (κ1) is 12.4. The van der Waals surface area contributed by atoms with Crippen LogP contribution >= 0.6 is 11.8 Å². The topological polar surface area (TPSA) is 73.8 Å². The van der Waals surface area contributed by atoms with E-state index < -0.39 is 0 Å². The molecule has 0 N–H and O–H groups in total. The first-order valence-electron chi connectivity index (χ1n) is 6.31. The fraction of sp³-hybridized carbons (Fsp3) is 0.500. The van der Waals surface area contributed by atoms with E-state index in [1.165, 1.54) is 24.6 Å². The molecule has 0 aromatic carbocycles. The number of hydrogen-bond donors (Lipinski definition) is 0. The van der Waals surface area contributed by atoms with Crippen LogP contribution in [0.3, 0.4) is 0 Å². The molecule has 2 aromatic rings. The molecule has 0 saturated heterocycles. The smallest absolute Gasteiger partial charge is 0.210 e. The van der Waals surface area contributed by atoms with Crippen molar-refractivity contribution in [1.29, 1.82) is 0 Å². The monoisotopic (exact) mass is 278 g/mol.